The topological polar surface area (TPSA) is 46.5 Å². The average Bonchev–Trinajstić information content (AvgIpc) is 2.10. The van der Waals surface area contributed by atoms with Crippen molar-refractivity contribution < 1.29 is 14.6 Å². The number of cyclic esters (lactones) is 1. The highest BCUT2D eigenvalue weighted by Gasteiger charge is 2.30. The largest absolute Gasteiger partial charge is 0.462 e. The van der Waals surface area contributed by atoms with Crippen LogP contribution in [0.5, 0.6) is 0 Å². The van der Waals surface area contributed by atoms with Crippen LogP contribution in [0.1, 0.15) is 13.3 Å². The molecule has 0 amide bonds. The number of hydrogen-bond donors (Lipinski definition) is 1. The summed E-state index contributed by atoms with van der Waals surface area (Å²) in [6.07, 6.45) is 0.278. The summed E-state index contributed by atoms with van der Waals surface area (Å²) < 4.78 is 4.77. The lowest BCUT2D eigenvalue weighted by molar-refractivity contribution is -0.140. The molecule has 0 aromatic rings. The highest BCUT2D eigenvalue weighted by Crippen LogP contribution is 2.20. The lowest BCUT2D eigenvalue weighted by Crippen LogP contribution is -2.14. The maximum absolute atomic E-state index is 10.5. The van der Waals surface area contributed by atoms with Gasteiger partial charge in [-0.15, -0.1) is 0 Å². The molecule has 52 valence electrons. The Balaban J connectivity index is 2.47. The first-order valence-corrected chi connectivity index (χ1v) is 3.04. The zero-order chi connectivity index (χ0) is 6.85. The summed E-state index contributed by atoms with van der Waals surface area (Å²) in [6, 6.07) is 0. The summed E-state index contributed by atoms with van der Waals surface area (Å²) in [6.45, 7) is 1.85. The predicted octanol–water partition coefficient (Wildman–Crippen LogP) is -0.0697. The fourth-order valence-electron chi connectivity index (χ4n) is 0.945. The Bertz CT molecular complexity index is 121. The molecule has 1 rings (SSSR count). The Hall–Kier alpha value is -0.570. The smallest absolute Gasteiger partial charge is 0.306 e. The summed E-state index contributed by atoms with van der Waals surface area (Å²) in [7, 11) is 0. The van der Waals surface area contributed by atoms with Crippen LogP contribution in [-0.4, -0.2) is 23.8 Å². The molecule has 1 fully saturated rings. The zero-order valence-electron chi connectivity index (χ0n) is 5.33. The maximum atomic E-state index is 10.5. The Morgan fingerprint density at radius 3 is 2.78 bits per heavy atom. The van der Waals surface area contributed by atoms with Crippen LogP contribution < -0.4 is 0 Å². The SMILES string of the molecule is C[C@@H]1OC(=O)C[C@@H]1CO. The first kappa shape index (κ1) is 6.55. The van der Waals surface area contributed by atoms with Gasteiger partial charge in [-0.2, -0.15) is 0 Å². The van der Waals surface area contributed by atoms with E-state index < -0.39 is 0 Å². The van der Waals surface area contributed by atoms with Gasteiger partial charge in [0.15, 0.2) is 0 Å². The highest BCUT2D eigenvalue weighted by molar-refractivity contribution is 5.72. The highest BCUT2D eigenvalue weighted by atomic mass is 16.5. The van der Waals surface area contributed by atoms with Crippen molar-refractivity contribution in [3.8, 4) is 0 Å². The van der Waals surface area contributed by atoms with Gasteiger partial charge in [0.2, 0.25) is 0 Å². The molecule has 0 aromatic heterocycles. The van der Waals surface area contributed by atoms with E-state index in [4.69, 9.17) is 9.84 Å². The number of carbonyl (C=O) groups is 1. The maximum Gasteiger partial charge on any atom is 0.306 e. The monoisotopic (exact) mass is 130 g/mol. The van der Waals surface area contributed by atoms with Gasteiger partial charge < -0.3 is 9.84 Å². The second-order valence-electron chi connectivity index (χ2n) is 2.34. The van der Waals surface area contributed by atoms with Crippen molar-refractivity contribution in [2.24, 2.45) is 5.92 Å². The Morgan fingerprint density at radius 1 is 1.89 bits per heavy atom. The number of ether oxygens (including phenoxy) is 1. The number of carbonyl (C=O) groups excluding carboxylic acids is 1. The quantitative estimate of drug-likeness (QED) is 0.505. The van der Waals surface area contributed by atoms with Crippen LogP contribution in [0.25, 0.3) is 0 Å². The number of aliphatic hydroxyl groups is 1. The molecule has 0 bridgehead atoms. The molecule has 0 unspecified atom stereocenters. The Kier molecular flexibility index (Phi) is 1.71. The summed E-state index contributed by atoms with van der Waals surface area (Å²) in [5.41, 5.74) is 0. The van der Waals surface area contributed by atoms with Gasteiger partial charge in [0.05, 0.1) is 6.42 Å². The van der Waals surface area contributed by atoms with Gasteiger partial charge in [0.25, 0.3) is 0 Å². The van der Waals surface area contributed by atoms with Crippen LogP contribution in [0.3, 0.4) is 0 Å². The van der Waals surface area contributed by atoms with E-state index in [2.05, 4.69) is 0 Å². The minimum absolute atomic E-state index is 0.0255. The number of esters is 1. The molecule has 1 N–H and O–H groups in total. The second kappa shape index (κ2) is 2.35. The van der Waals surface area contributed by atoms with Crippen LogP contribution in [-0.2, 0) is 9.53 Å². The minimum atomic E-state index is -0.193. The van der Waals surface area contributed by atoms with Gasteiger partial charge >= 0.3 is 5.97 Å². The van der Waals surface area contributed by atoms with Gasteiger partial charge in [0, 0.05) is 12.5 Å². The fraction of sp³-hybridized carbons (Fsp3) is 0.833. The normalized spacial score (nSPS) is 34.7. The molecule has 9 heavy (non-hydrogen) atoms. The Labute approximate surface area is 53.6 Å². The molecule has 1 heterocycles. The third-order valence-electron chi connectivity index (χ3n) is 1.64. The molecule has 0 aliphatic carbocycles. The van der Waals surface area contributed by atoms with Crippen LogP contribution in [0, 0.1) is 5.92 Å². The zero-order valence-corrected chi connectivity index (χ0v) is 5.33. The standard InChI is InChI=1S/C6H10O3/c1-4-5(3-7)2-6(8)9-4/h4-5,7H,2-3H2,1H3/t4-,5+/m0/s1. The lowest BCUT2D eigenvalue weighted by atomic mass is 10.0. The van der Waals surface area contributed by atoms with Gasteiger partial charge in [-0.25, -0.2) is 0 Å². The van der Waals surface area contributed by atoms with E-state index in [1.165, 1.54) is 0 Å². The molecular formula is C6H10O3. The molecule has 1 saturated heterocycles. The molecule has 0 radical (unpaired) electrons. The van der Waals surface area contributed by atoms with E-state index in [1.54, 1.807) is 6.92 Å². The van der Waals surface area contributed by atoms with Crippen LogP contribution in [0.4, 0.5) is 0 Å². The number of hydrogen-bond acceptors (Lipinski definition) is 3. The van der Waals surface area contributed by atoms with Gasteiger partial charge in [-0.05, 0) is 6.92 Å². The summed E-state index contributed by atoms with van der Waals surface area (Å²) in [4.78, 5) is 10.5. The summed E-state index contributed by atoms with van der Waals surface area (Å²) in [5, 5.41) is 8.62. The summed E-state index contributed by atoms with van der Waals surface area (Å²) in [5.74, 6) is -0.168. The van der Waals surface area contributed by atoms with Gasteiger partial charge in [-0.1, -0.05) is 0 Å². The van der Waals surface area contributed by atoms with Crippen LogP contribution in [0.2, 0.25) is 0 Å². The first-order chi connectivity index (χ1) is 4.24. The van der Waals surface area contributed by atoms with Crippen molar-refractivity contribution in [2.45, 2.75) is 19.4 Å². The third-order valence-corrected chi connectivity index (χ3v) is 1.64. The number of rotatable bonds is 1. The van der Waals surface area contributed by atoms with E-state index >= 15 is 0 Å². The van der Waals surface area contributed by atoms with Gasteiger partial charge in [-0.3, -0.25) is 4.79 Å². The van der Waals surface area contributed by atoms with Crippen molar-refractivity contribution in [1.82, 2.24) is 0 Å². The molecule has 2 atom stereocenters. The molecule has 1 aliphatic heterocycles. The molecular weight excluding hydrogens is 120 g/mol. The summed E-state index contributed by atoms with van der Waals surface area (Å²) >= 11 is 0. The second-order valence-corrected chi connectivity index (χ2v) is 2.34. The van der Waals surface area contributed by atoms with Crippen molar-refractivity contribution in [2.75, 3.05) is 6.61 Å². The molecule has 0 aromatic carbocycles. The van der Waals surface area contributed by atoms with E-state index in [0.717, 1.165) is 0 Å². The predicted molar refractivity (Wildman–Crippen MR) is 30.7 cm³/mol. The van der Waals surface area contributed by atoms with E-state index in [1.807, 2.05) is 0 Å². The molecule has 1 aliphatic rings. The Morgan fingerprint density at radius 2 is 2.56 bits per heavy atom. The van der Waals surface area contributed by atoms with Gasteiger partial charge in [0.1, 0.15) is 6.10 Å². The molecule has 3 heteroatoms. The first-order valence-electron chi connectivity index (χ1n) is 3.04. The average molecular weight is 130 g/mol. The fourth-order valence-corrected chi connectivity index (χ4v) is 0.945. The van der Waals surface area contributed by atoms with E-state index in [-0.39, 0.29) is 24.6 Å². The third kappa shape index (κ3) is 1.21. The van der Waals surface area contributed by atoms with Crippen molar-refractivity contribution in [3.63, 3.8) is 0 Å². The number of aliphatic hydroxyl groups excluding tert-OH is 1. The van der Waals surface area contributed by atoms with Crippen molar-refractivity contribution in [3.05, 3.63) is 0 Å². The van der Waals surface area contributed by atoms with E-state index in [0.29, 0.717) is 6.42 Å². The molecule has 0 spiro atoms. The lowest BCUT2D eigenvalue weighted by Gasteiger charge is -2.07. The minimum Gasteiger partial charge on any atom is -0.462 e. The van der Waals surface area contributed by atoms with E-state index in [9.17, 15) is 4.79 Å². The van der Waals surface area contributed by atoms with Crippen molar-refractivity contribution >= 4 is 5.97 Å². The van der Waals surface area contributed by atoms with Crippen LogP contribution in [0.15, 0.2) is 0 Å². The molecule has 3 nitrogen and oxygen atoms in total. The van der Waals surface area contributed by atoms with Crippen molar-refractivity contribution in [1.29, 1.82) is 0 Å². The van der Waals surface area contributed by atoms with Crippen LogP contribution >= 0.6 is 0 Å². The molecule has 0 saturated carbocycles.